The van der Waals surface area contributed by atoms with Crippen molar-refractivity contribution in [3.05, 3.63) is 59.1 Å². The zero-order valence-electron chi connectivity index (χ0n) is 15.9. The highest BCUT2D eigenvalue weighted by atomic mass is 79.9. The Labute approximate surface area is 195 Å². The predicted octanol–water partition coefficient (Wildman–Crippen LogP) is 4.05. The zero-order chi connectivity index (χ0) is 21.8. The molecule has 31 heavy (non-hydrogen) atoms. The van der Waals surface area contributed by atoms with Gasteiger partial charge in [-0.2, -0.15) is 0 Å². The van der Waals surface area contributed by atoms with E-state index in [1.54, 1.807) is 12.1 Å². The molecule has 2 heterocycles. The number of amides is 3. The quantitative estimate of drug-likeness (QED) is 0.582. The van der Waals surface area contributed by atoms with Crippen LogP contribution in [0.25, 0.3) is 0 Å². The van der Waals surface area contributed by atoms with Crippen LogP contribution in [0.2, 0.25) is 0 Å². The number of benzene rings is 2. The third kappa shape index (κ3) is 5.35. The lowest BCUT2D eigenvalue weighted by atomic mass is 10.2. The van der Waals surface area contributed by atoms with Gasteiger partial charge in [0.15, 0.2) is 5.17 Å². The van der Waals surface area contributed by atoms with Crippen LogP contribution in [0.1, 0.15) is 6.42 Å². The highest BCUT2D eigenvalue weighted by Gasteiger charge is 2.33. The molecule has 2 fully saturated rings. The minimum absolute atomic E-state index is 0.00658. The summed E-state index contributed by atoms with van der Waals surface area (Å²) < 4.78 is 0.909. The molecule has 2 aliphatic heterocycles. The molecule has 0 aromatic heterocycles. The smallest absolute Gasteiger partial charge is 0.292 e. The summed E-state index contributed by atoms with van der Waals surface area (Å²) in [6, 6.07) is 16.4. The van der Waals surface area contributed by atoms with Crippen molar-refractivity contribution in [2.45, 2.75) is 11.7 Å². The number of nitrogens with one attached hydrogen (secondary N) is 2. The standard InChI is InChI=1S/C20H16BrN5O3S2/c21-12-6-8-13(9-7-12)22-17(27)10-15-18(28)23-19(31-15)25-24-16-11-30-20(29)26(16)14-4-2-1-3-5-14/h1-9,15H,10-11H2,(H,22,27)(H,23,25,28)/b24-16+. The van der Waals surface area contributed by atoms with Crippen molar-refractivity contribution in [2.24, 2.45) is 10.2 Å². The first-order valence-electron chi connectivity index (χ1n) is 9.19. The van der Waals surface area contributed by atoms with Gasteiger partial charge in [-0.15, -0.1) is 10.2 Å². The maximum atomic E-state index is 12.3. The molecule has 1 atom stereocenters. The van der Waals surface area contributed by atoms with Crippen LogP contribution in [0.15, 0.2) is 69.3 Å². The van der Waals surface area contributed by atoms with Crippen LogP contribution in [0.3, 0.4) is 0 Å². The number of carbonyl (C=O) groups excluding carboxylic acids is 3. The molecule has 2 saturated heterocycles. The topological polar surface area (TPSA) is 103 Å². The second kappa shape index (κ2) is 9.67. The van der Waals surface area contributed by atoms with E-state index < -0.39 is 5.25 Å². The molecule has 1 unspecified atom stereocenters. The molecule has 158 valence electrons. The van der Waals surface area contributed by atoms with Gasteiger partial charge in [-0.25, -0.2) is 0 Å². The summed E-state index contributed by atoms with van der Waals surface area (Å²) in [4.78, 5) is 38.2. The minimum Gasteiger partial charge on any atom is -0.326 e. The first-order chi connectivity index (χ1) is 15.0. The highest BCUT2D eigenvalue weighted by molar-refractivity contribution is 9.10. The van der Waals surface area contributed by atoms with E-state index in [0.29, 0.717) is 28.1 Å². The Bertz CT molecular complexity index is 1080. The van der Waals surface area contributed by atoms with E-state index >= 15 is 0 Å². The Morgan fingerprint density at radius 3 is 2.61 bits per heavy atom. The van der Waals surface area contributed by atoms with Gasteiger partial charge in [0.2, 0.25) is 11.8 Å². The molecule has 0 saturated carbocycles. The van der Waals surface area contributed by atoms with Crippen molar-refractivity contribution in [3.8, 4) is 0 Å². The van der Waals surface area contributed by atoms with Gasteiger partial charge in [-0.05, 0) is 36.4 Å². The molecule has 11 heteroatoms. The van der Waals surface area contributed by atoms with Gasteiger partial charge in [0.1, 0.15) is 11.1 Å². The Morgan fingerprint density at radius 1 is 1.13 bits per heavy atom. The molecule has 3 amide bonds. The fourth-order valence-corrected chi connectivity index (χ4v) is 4.83. The summed E-state index contributed by atoms with van der Waals surface area (Å²) in [7, 11) is 0. The molecule has 0 bridgehead atoms. The molecule has 2 N–H and O–H groups in total. The van der Waals surface area contributed by atoms with E-state index in [0.717, 1.165) is 28.0 Å². The largest absolute Gasteiger partial charge is 0.326 e. The molecule has 2 aromatic rings. The van der Waals surface area contributed by atoms with Crippen LogP contribution in [-0.4, -0.2) is 39.1 Å². The fraction of sp³-hybridized carbons (Fsp3) is 0.150. The second-order valence-electron chi connectivity index (χ2n) is 6.50. The third-order valence-corrected chi connectivity index (χ3v) is 6.74. The summed E-state index contributed by atoms with van der Waals surface area (Å²) in [5, 5.41) is 13.3. The number of anilines is 2. The van der Waals surface area contributed by atoms with Crippen LogP contribution in [0.5, 0.6) is 0 Å². The van der Waals surface area contributed by atoms with Gasteiger partial charge in [0.25, 0.3) is 5.24 Å². The van der Waals surface area contributed by atoms with Gasteiger partial charge in [0, 0.05) is 16.6 Å². The minimum atomic E-state index is -0.598. The Kier molecular flexibility index (Phi) is 6.73. The summed E-state index contributed by atoms with van der Waals surface area (Å²) in [6.45, 7) is 0. The van der Waals surface area contributed by atoms with Crippen LogP contribution >= 0.6 is 39.5 Å². The van der Waals surface area contributed by atoms with Gasteiger partial charge in [-0.3, -0.25) is 19.3 Å². The molecule has 2 aliphatic rings. The molecular weight excluding hydrogens is 502 g/mol. The van der Waals surface area contributed by atoms with E-state index in [4.69, 9.17) is 0 Å². The van der Waals surface area contributed by atoms with Crippen LogP contribution < -0.4 is 15.5 Å². The lowest BCUT2D eigenvalue weighted by Gasteiger charge is -2.14. The number of nitrogens with zero attached hydrogens (tertiary/aromatic N) is 3. The third-order valence-electron chi connectivity index (χ3n) is 4.31. The first kappa shape index (κ1) is 21.6. The molecule has 2 aromatic carbocycles. The van der Waals surface area contributed by atoms with E-state index in [1.165, 1.54) is 4.90 Å². The zero-order valence-corrected chi connectivity index (χ0v) is 19.2. The second-order valence-corrected chi connectivity index (χ2v) is 9.54. The molecule has 0 radical (unpaired) electrons. The lowest BCUT2D eigenvalue weighted by molar-refractivity contribution is -0.122. The number of thioether (sulfide) groups is 2. The van der Waals surface area contributed by atoms with Crippen LogP contribution in [0.4, 0.5) is 16.2 Å². The molecule has 8 nitrogen and oxygen atoms in total. The SMILES string of the molecule is O=C(CC1S/C(=N/N=C2\CSC(=O)N2c2ccccc2)NC1=O)Nc1ccc(Br)cc1. The van der Waals surface area contributed by atoms with Gasteiger partial charge < -0.3 is 10.6 Å². The molecule has 0 spiro atoms. The van der Waals surface area contributed by atoms with Gasteiger partial charge in [0.05, 0.1) is 11.4 Å². The average Bonchev–Trinajstić information content (AvgIpc) is 3.30. The van der Waals surface area contributed by atoms with Crippen molar-refractivity contribution in [3.63, 3.8) is 0 Å². The number of amidine groups is 2. The van der Waals surface area contributed by atoms with Crippen LogP contribution in [-0.2, 0) is 9.59 Å². The number of hydrogen-bond acceptors (Lipinski definition) is 7. The van der Waals surface area contributed by atoms with E-state index in [-0.39, 0.29) is 23.5 Å². The van der Waals surface area contributed by atoms with E-state index in [9.17, 15) is 14.4 Å². The summed E-state index contributed by atoms with van der Waals surface area (Å²) in [5.74, 6) is 0.310. The number of hydrogen-bond donors (Lipinski definition) is 2. The highest BCUT2D eigenvalue weighted by Crippen LogP contribution is 2.28. The fourth-order valence-electron chi connectivity index (χ4n) is 2.87. The molecule has 0 aliphatic carbocycles. The van der Waals surface area contributed by atoms with Crippen LogP contribution in [0, 0.1) is 0 Å². The van der Waals surface area contributed by atoms with Crippen molar-refractivity contribution in [1.82, 2.24) is 5.32 Å². The summed E-state index contributed by atoms with van der Waals surface area (Å²) in [5.41, 5.74) is 1.36. The van der Waals surface area contributed by atoms with Crippen molar-refractivity contribution in [2.75, 3.05) is 16.0 Å². The van der Waals surface area contributed by atoms with Crippen molar-refractivity contribution < 1.29 is 14.4 Å². The predicted molar refractivity (Wildman–Crippen MR) is 129 cm³/mol. The summed E-state index contributed by atoms with van der Waals surface area (Å²) >= 11 is 5.62. The normalized spacial score (nSPS) is 21.1. The van der Waals surface area contributed by atoms with Gasteiger partial charge >= 0.3 is 0 Å². The number of carbonyl (C=O) groups is 3. The van der Waals surface area contributed by atoms with Gasteiger partial charge in [-0.1, -0.05) is 57.7 Å². The Morgan fingerprint density at radius 2 is 1.87 bits per heavy atom. The number of halogens is 1. The first-order valence-corrected chi connectivity index (χ1v) is 11.8. The van der Waals surface area contributed by atoms with E-state index in [1.807, 2.05) is 42.5 Å². The monoisotopic (exact) mass is 517 g/mol. The maximum Gasteiger partial charge on any atom is 0.292 e. The van der Waals surface area contributed by atoms with E-state index in [2.05, 4.69) is 36.8 Å². The Balaban J connectivity index is 1.40. The average molecular weight is 518 g/mol. The number of para-hydroxylation sites is 1. The van der Waals surface area contributed by atoms with Crippen molar-refractivity contribution >= 4 is 78.9 Å². The maximum absolute atomic E-state index is 12.3. The number of rotatable bonds is 5. The summed E-state index contributed by atoms with van der Waals surface area (Å²) in [6.07, 6.45) is 0.00658. The molecule has 4 rings (SSSR count). The van der Waals surface area contributed by atoms with Crippen molar-refractivity contribution in [1.29, 1.82) is 0 Å². The lowest BCUT2D eigenvalue weighted by Crippen LogP contribution is -2.29. The molecular formula is C20H16BrN5O3S2. The Hall–Kier alpha value is -2.63.